The molecule has 0 spiro atoms. The number of hydrogen-bond acceptors (Lipinski definition) is 15. The van der Waals surface area contributed by atoms with Gasteiger partial charge in [-0.3, -0.25) is 9.59 Å². The summed E-state index contributed by atoms with van der Waals surface area (Å²) in [6, 6.07) is 0. The number of aliphatic carboxylic acids is 1. The summed E-state index contributed by atoms with van der Waals surface area (Å²) in [5.74, 6) is -9.34. The Morgan fingerprint density at radius 2 is 0.760 bits per heavy atom. The number of aliphatic hydroxyl groups excluding tert-OH is 2. The van der Waals surface area contributed by atoms with Crippen LogP contribution >= 0.6 is 0 Å². The predicted octanol–water partition coefficient (Wildman–Crippen LogP) is 6.59. The van der Waals surface area contributed by atoms with Crippen LogP contribution in [-0.2, 0) is 390 Å². The van der Waals surface area contributed by atoms with Crippen LogP contribution in [-0.4, -0.2) is 104 Å². The highest BCUT2D eigenvalue weighted by molar-refractivity contribution is 8.80. The van der Waals surface area contributed by atoms with Gasteiger partial charge in [0.25, 0.3) is 0 Å². The zero-order valence-electron chi connectivity index (χ0n) is 53.8. The van der Waals surface area contributed by atoms with E-state index < -0.39 is 140 Å². The SMILES string of the molecule is C=CC(=O)O[C@]1(C(=O)O)[C@H](C)CC2C3C[C@H](F)C4=CC(=O)C=C[C@]4(C)[C@@]3(F)[C@@H](O)C[C@@]21C.C=CC(=O)O[C@]1(C(=O)OCC)[C@H](C)CC2C3C[C@H](F)C4=CC(=O)C=C[C@]4(C)[C@@]3(F)[C@@H](O)C[C@@]21C.S=S=S=S=S=S=S=S=S=S=S.S=S=S=S=S=S=S=S=S=S=S=S=S=S=S=S=S=S=S=S=S=S=S=S=S=S=S. The molecule has 0 aromatic rings. The average Bonchev–Trinajstić information content (AvgIpc) is 1.36. The molecule has 0 bridgehead atoms. The van der Waals surface area contributed by atoms with Crippen molar-refractivity contribution in [1.82, 2.24) is 0 Å². The largest absolute Gasteiger partial charge is 0.478 e. The fraction of sp³-hybridized carbons (Fsp3) is 0.640. The van der Waals surface area contributed by atoms with Gasteiger partial charge in [-0.05, 0) is 107 Å². The maximum Gasteiger partial charge on any atom is 0.351 e. The molecule has 8 aliphatic carbocycles. The molecule has 8 rings (SSSR count). The molecule has 54 heteroatoms. The van der Waals surface area contributed by atoms with Crippen LogP contribution in [0.25, 0.3) is 0 Å². The first kappa shape index (κ1) is 98.2. The smallest absolute Gasteiger partial charge is 0.351 e. The number of ketones is 2. The molecule has 0 saturated heterocycles. The monoisotopic (exact) mass is 2140 g/mol. The van der Waals surface area contributed by atoms with Gasteiger partial charge in [0.2, 0.25) is 11.2 Å². The standard InChI is InChI=1S/C26H32F2O6.C24H28F2O6.S27.S11/c1-6-21(31)34-26(22(32)33-7-2)14(3)10-16-17-12-19(27)18-11-15(29)8-9-23(18,4)25(17,28)20(30)13-24(16,26)5;1-5-19(29)32-24(20(30)31)12(2)8-14-15-10-17(25)16-9-13(27)6-7-21(16,3)23(15,26)18(28)11-22(14,24)4;1-3-5-7-9-11-13-15-17-19-21-23-25-27-26-24-22-20-18-16-14-12-10-8-6-4-2;1-3-5-7-9-11-10-8-6-4-2/h6,8-9,11,14,16-17,19-20,30H,1,7,10,12-13H2,2-5H3;5-7,9,12,14-15,17-18,28H,1,8,10-11H2,2-4H3,(H,30,31);;/t14-,16?,17?,19+,20+,23+,24+,25+,26+;12-,14?,15?,17+,18+,21+,22+,23+,24+;;/m11../s1. The Hall–Kier alpha value is 3.66. The molecule has 104 heavy (non-hydrogen) atoms. The summed E-state index contributed by atoms with van der Waals surface area (Å²) in [7, 11) is 58.1. The van der Waals surface area contributed by atoms with Gasteiger partial charge in [-0.2, -0.15) is 0 Å². The molecular weight excluding hydrogens is 2090 g/mol. The van der Waals surface area contributed by atoms with Gasteiger partial charge in [0.1, 0.15) is 12.3 Å². The number of carbonyl (C=O) groups excluding carboxylic acids is 5. The predicted molar refractivity (Wildman–Crippen MR) is 509 cm³/mol. The number of rotatable bonds is 7. The van der Waals surface area contributed by atoms with Crippen molar-refractivity contribution in [3.05, 3.63) is 72.9 Å². The second-order valence-electron chi connectivity index (χ2n) is 23.1. The van der Waals surface area contributed by atoms with Crippen LogP contribution in [0, 0.1) is 57.2 Å². The Bertz CT molecular complexity index is 5160. The van der Waals surface area contributed by atoms with Gasteiger partial charge in [-0.1, -0.05) is 53.0 Å². The Morgan fingerprint density at radius 3 is 1.03 bits per heavy atom. The van der Waals surface area contributed by atoms with E-state index in [0.717, 1.165) is 24.3 Å². The summed E-state index contributed by atoms with van der Waals surface area (Å²) in [6.45, 7) is 18.0. The molecule has 6 fully saturated rings. The van der Waals surface area contributed by atoms with E-state index in [-0.39, 0.29) is 56.3 Å². The number of halogens is 4. The van der Waals surface area contributed by atoms with Gasteiger partial charge in [0, 0.05) is 404 Å². The minimum atomic E-state index is -2.32. The number of hydrogen-bond donors (Lipinski definition) is 3. The number of carboxylic acid groups (broad SMARTS) is 1. The minimum absolute atomic E-state index is 0.0000291. The van der Waals surface area contributed by atoms with Crippen molar-refractivity contribution < 1.29 is 75.9 Å². The number of carboxylic acids is 1. The molecule has 6 saturated carbocycles. The summed E-state index contributed by atoms with van der Waals surface area (Å²) >= 11 is 18.9. The lowest BCUT2D eigenvalue weighted by molar-refractivity contribution is -0.237. The summed E-state index contributed by atoms with van der Waals surface area (Å²) in [5, 5.41) is 32.9. The lowest BCUT2D eigenvalue weighted by Crippen LogP contribution is -2.71. The van der Waals surface area contributed by atoms with E-state index in [1.807, 2.05) is 79.9 Å². The fourth-order valence-corrected chi connectivity index (χ4v) is 97.8. The van der Waals surface area contributed by atoms with Crippen LogP contribution in [0.1, 0.15) is 87.0 Å². The van der Waals surface area contributed by atoms with Gasteiger partial charge in [-0.15, -0.1) is 0 Å². The van der Waals surface area contributed by atoms with Crippen molar-refractivity contribution >= 4 is 382 Å². The topological polar surface area (TPSA) is 191 Å². The Morgan fingerprint density at radius 1 is 0.490 bits per heavy atom. The molecule has 0 amide bonds. The Kier molecular flexibility index (Phi) is 45.2. The zero-order valence-corrected chi connectivity index (χ0v) is 84.8. The Balaban J connectivity index is 0.000000263. The lowest BCUT2D eigenvalue weighted by atomic mass is 9.44. The highest BCUT2D eigenvalue weighted by Crippen LogP contribution is 2.73. The van der Waals surface area contributed by atoms with E-state index in [4.69, 9.17) is 36.6 Å². The van der Waals surface area contributed by atoms with E-state index in [9.17, 15) is 44.1 Å². The van der Waals surface area contributed by atoms with Crippen LogP contribution in [0.2, 0.25) is 0 Å². The third-order valence-electron chi connectivity index (χ3n) is 19.0. The minimum Gasteiger partial charge on any atom is -0.478 e. The third kappa shape index (κ3) is 23.3. The second kappa shape index (κ2) is 47.9. The summed E-state index contributed by atoms with van der Waals surface area (Å²) in [6.07, 6.45) is 2.05. The van der Waals surface area contributed by atoms with Crippen LogP contribution < -0.4 is 0 Å². The molecule has 588 valence electrons. The molecule has 8 aliphatic rings. The van der Waals surface area contributed by atoms with E-state index >= 15 is 17.6 Å². The first-order valence-electron chi connectivity index (χ1n) is 28.7. The van der Waals surface area contributed by atoms with Gasteiger partial charge < -0.3 is 29.5 Å². The van der Waals surface area contributed by atoms with Crippen LogP contribution in [0.3, 0.4) is 0 Å². The molecule has 12 nitrogen and oxygen atoms in total. The van der Waals surface area contributed by atoms with Crippen molar-refractivity contribution in [3.8, 4) is 0 Å². The fourth-order valence-electron chi connectivity index (χ4n) is 15.4. The number of carbonyl (C=O) groups is 6. The maximum atomic E-state index is 17.2. The molecule has 0 aromatic heterocycles. The van der Waals surface area contributed by atoms with E-state index in [2.05, 4.69) is 35.5 Å². The van der Waals surface area contributed by atoms with Crippen molar-refractivity contribution in [3.63, 3.8) is 0 Å². The highest BCUT2D eigenvalue weighted by Gasteiger charge is 2.80. The molecule has 4 unspecified atom stereocenters. The van der Waals surface area contributed by atoms with Crippen molar-refractivity contribution in [2.24, 2.45) is 57.2 Å². The molecule has 0 radical (unpaired) electrons. The van der Waals surface area contributed by atoms with Gasteiger partial charge in [0.05, 0.1) is 18.8 Å². The lowest BCUT2D eigenvalue weighted by Gasteiger charge is -2.63. The van der Waals surface area contributed by atoms with Crippen LogP contribution in [0.5, 0.6) is 0 Å². The van der Waals surface area contributed by atoms with Crippen LogP contribution in [0.15, 0.2) is 72.9 Å². The molecular formula is C50H60F4O12S38. The van der Waals surface area contributed by atoms with E-state index in [1.165, 1.54) is 73.7 Å². The number of ether oxygens (including phenoxy) is 3. The molecule has 0 heterocycles. The number of alkyl halides is 4. The molecule has 0 aromatic carbocycles. The van der Waals surface area contributed by atoms with E-state index in [1.54, 1.807) is 221 Å². The quantitative estimate of drug-likeness (QED) is 0.107. The summed E-state index contributed by atoms with van der Waals surface area (Å²) in [5.41, 5.74) is -14.0. The molecule has 3 N–H and O–H groups in total. The summed E-state index contributed by atoms with van der Waals surface area (Å²) in [4.78, 5) is 74.3. The Labute approximate surface area is 716 Å². The number of fused-ring (bicyclic) bond motifs is 10. The first-order chi connectivity index (χ1) is 49.4. The van der Waals surface area contributed by atoms with Gasteiger partial charge >= 0.3 is 23.9 Å². The number of allylic oxidation sites excluding steroid dienone is 8. The zero-order chi connectivity index (χ0) is 77.2. The van der Waals surface area contributed by atoms with Gasteiger partial charge in [-0.25, -0.2) is 36.7 Å². The maximum absolute atomic E-state index is 17.2. The van der Waals surface area contributed by atoms with Crippen LogP contribution in [0.4, 0.5) is 17.6 Å². The normalized spacial score (nSPS) is 33.3. The molecule has 0 aliphatic heterocycles. The highest BCUT2D eigenvalue weighted by atomic mass is 33.5. The number of aliphatic hydroxyl groups is 2. The van der Waals surface area contributed by atoms with E-state index in [0.29, 0.717) is 0 Å². The van der Waals surface area contributed by atoms with Crippen molar-refractivity contribution in [1.29, 1.82) is 0 Å². The first-order valence-corrected chi connectivity index (χ1v) is 76.7. The molecule has 18 atom stereocenters. The number of esters is 3. The summed E-state index contributed by atoms with van der Waals surface area (Å²) < 4.78 is 81.8. The second-order valence-corrected chi connectivity index (χ2v) is 83.2. The van der Waals surface area contributed by atoms with Gasteiger partial charge in [0.15, 0.2) is 22.9 Å². The third-order valence-corrected chi connectivity index (χ3v) is 90.1. The van der Waals surface area contributed by atoms with Crippen molar-refractivity contribution in [2.75, 3.05) is 6.61 Å². The van der Waals surface area contributed by atoms with Crippen molar-refractivity contribution in [2.45, 2.75) is 134 Å². The average molecular weight is 2150 g/mol.